The Hall–Kier alpha value is -2.87. The minimum atomic E-state index is -0.483. The predicted molar refractivity (Wildman–Crippen MR) is 90.8 cm³/mol. The number of nitrogens with one attached hydrogen (secondary N) is 3. The zero-order valence-corrected chi connectivity index (χ0v) is 14.1. The van der Waals surface area contributed by atoms with Gasteiger partial charge in [0.25, 0.3) is 5.91 Å². The number of hydrogen-bond donors (Lipinski definition) is 3. The molecule has 1 aromatic carbocycles. The standard InChI is InChI=1S/C17H22N4O4/c1-18-10-15-21-14(12-24-15)16(22)19-8-5-9-20-17(23)25-11-13-6-3-2-4-7-13/h2-4,6-7,12,18H,5,8-11H2,1H3,(H,19,22)(H,20,23). The zero-order chi connectivity index (χ0) is 17.9. The fourth-order valence-corrected chi connectivity index (χ4v) is 1.99. The van der Waals surface area contributed by atoms with E-state index in [4.69, 9.17) is 9.15 Å². The van der Waals surface area contributed by atoms with Gasteiger partial charge in [0.15, 0.2) is 5.69 Å². The topological polar surface area (TPSA) is 105 Å². The van der Waals surface area contributed by atoms with Gasteiger partial charge in [0.2, 0.25) is 5.89 Å². The molecule has 2 amide bonds. The second kappa shape index (κ2) is 10.1. The molecule has 0 unspecified atom stereocenters. The Labute approximate surface area is 146 Å². The molecule has 8 heteroatoms. The first kappa shape index (κ1) is 18.5. The van der Waals surface area contributed by atoms with Gasteiger partial charge in [-0.1, -0.05) is 30.3 Å². The van der Waals surface area contributed by atoms with Crippen LogP contribution in [0.25, 0.3) is 0 Å². The number of aromatic nitrogens is 1. The average molecular weight is 346 g/mol. The number of ether oxygens (including phenoxy) is 1. The SMILES string of the molecule is CNCc1nc(C(=O)NCCCNC(=O)OCc2ccccc2)co1. The van der Waals surface area contributed by atoms with Gasteiger partial charge in [0.05, 0.1) is 6.54 Å². The molecule has 0 atom stereocenters. The highest BCUT2D eigenvalue weighted by Crippen LogP contribution is 2.02. The molecule has 0 spiro atoms. The molecule has 2 aromatic rings. The zero-order valence-electron chi connectivity index (χ0n) is 14.1. The monoisotopic (exact) mass is 346 g/mol. The van der Waals surface area contributed by atoms with Gasteiger partial charge >= 0.3 is 6.09 Å². The summed E-state index contributed by atoms with van der Waals surface area (Å²) in [5.74, 6) is 0.147. The van der Waals surface area contributed by atoms with Gasteiger partial charge in [0.1, 0.15) is 12.9 Å². The highest BCUT2D eigenvalue weighted by molar-refractivity contribution is 5.91. The maximum atomic E-state index is 11.9. The maximum Gasteiger partial charge on any atom is 0.407 e. The van der Waals surface area contributed by atoms with E-state index in [1.165, 1.54) is 6.26 Å². The lowest BCUT2D eigenvalue weighted by Crippen LogP contribution is -2.30. The van der Waals surface area contributed by atoms with Crippen LogP contribution < -0.4 is 16.0 Å². The van der Waals surface area contributed by atoms with Crippen molar-refractivity contribution in [3.63, 3.8) is 0 Å². The molecule has 134 valence electrons. The molecule has 25 heavy (non-hydrogen) atoms. The Kier molecular flexibility index (Phi) is 7.45. The molecule has 1 heterocycles. The van der Waals surface area contributed by atoms with Crippen LogP contribution in [0.5, 0.6) is 0 Å². The Morgan fingerprint density at radius 2 is 1.92 bits per heavy atom. The summed E-state index contributed by atoms with van der Waals surface area (Å²) in [7, 11) is 1.77. The van der Waals surface area contributed by atoms with E-state index in [1.807, 2.05) is 30.3 Å². The van der Waals surface area contributed by atoms with Crippen molar-refractivity contribution in [2.45, 2.75) is 19.6 Å². The largest absolute Gasteiger partial charge is 0.447 e. The van der Waals surface area contributed by atoms with Crippen LogP contribution in [-0.2, 0) is 17.9 Å². The van der Waals surface area contributed by atoms with Crippen molar-refractivity contribution in [1.29, 1.82) is 0 Å². The van der Waals surface area contributed by atoms with Crippen molar-refractivity contribution >= 4 is 12.0 Å². The van der Waals surface area contributed by atoms with Gasteiger partial charge < -0.3 is 25.1 Å². The normalized spacial score (nSPS) is 10.3. The van der Waals surface area contributed by atoms with Crippen LogP contribution in [0.15, 0.2) is 41.0 Å². The van der Waals surface area contributed by atoms with Crippen LogP contribution in [0.2, 0.25) is 0 Å². The third-order valence-corrected chi connectivity index (χ3v) is 3.23. The van der Waals surface area contributed by atoms with E-state index in [9.17, 15) is 9.59 Å². The molecule has 2 rings (SSSR count). The molecule has 3 N–H and O–H groups in total. The Bertz CT molecular complexity index is 672. The van der Waals surface area contributed by atoms with Crippen LogP contribution in [0, 0.1) is 0 Å². The smallest absolute Gasteiger partial charge is 0.407 e. The molecule has 0 saturated carbocycles. The molecule has 0 saturated heterocycles. The number of amides is 2. The highest BCUT2D eigenvalue weighted by Gasteiger charge is 2.11. The van der Waals surface area contributed by atoms with E-state index >= 15 is 0 Å². The molecule has 0 fully saturated rings. The number of rotatable bonds is 9. The van der Waals surface area contributed by atoms with Gasteiger partial charge in [-0.05, 0) is 19.0 Å². The predicted octanol–water partition coefficient (Wildman–Crippen LogP) is 1.44. The third kappa shape index (κ3) is 6.64. The van der Waals surface area contributed by atoms with Crippen molar-refractivity contribution in [2.75, 3.05) is 20.1 Å². The summed E-state index contributed by atoms with van der Waals surface area (Å²) in [6, 6.07) is 9.44. The first-order chi connectivity index (χ1) is 12.2. The summed E-state index contributed by atoms with van der Waals surface area (Å²) in [5, 5.41) is 8.23. The van der Waals surface area contributed by atoms with Gasteiger partial charge in [-0.3, -0.25) is 4.79 Å². The minimum Gasteiger partial charge on any atom is -0.447 e. The molecule has 8 nitrogen and oxygen atoms in total. The number of benzene rings is 1. The van der Waals surface area contributed by atoms with E-state index in [0.29, 0.717) is 31.9 Å². The lowest BCUT2D eigenvalue weighted by atomic mass is 10.2. The van der Waals surface area contributed by atoms with E-state index in [1.54, 1.807) is 7.05 Å². The number of carbonyl (C=O) groups is 2. The van der Waals surface area contributed by atoms with Gasteiger partial charge in [0, 0.05) is 13.1 Å². The van der Waals surface area contributed by atoms with Gasteiger partial charge in [-0.15, -0.1) is 0 Å². The van der Waals surface area contributed by atoms with Crippen molar-refractivity contribution < 1.29 is 18.7 Å². The van der Waals surface area contributed by atoms with Gasteiger partial charge in [-0.2, -0.15) is 0 Å². The minimum absolute atomic E-state index is 0.227. The summed E-state index contributed by atoms with van der Waals surface area (Å²) >= 11 is 0. The highest BCUT2D eigenvalue weighted by atomic mass is 16.5. The molecule has 0 aliphatic heterocycles. The number of carbonyl (C=O) groups excluding carboxylic acids is 2. The van der Waals surface area contributed by atoms with E-state index in [-0.39, 0.29) is 18.2 Å². The van der Waals surface area contributed by atoms with Gasteiger partial charge in [-0.25, -0.2) is 9.78 Å². The first-order valence-electron chi connectivity index (χ1n) is 8.01. The summed E-state index contributed by atoms with van der Waals surface area (Å²) in [6.45, 7) is 1.50. The first-order valence-corrected chi connectivity index (χ1v) is 8.01. The van der Waals surface area contributed by atoms with Crippen molar-refractivity contribution in [2.24, 2.45) is 0 Å². The third-order valence-electron chi connectivity index (χ3n) is 3.23. The Balaban J connectivity index is 1.56. The van der Waals surface area contributed by atoms with E-state index < -0.39 is 6.09 Å². The fourth-order valence-electron chi connectivity index (χ4n) is 1.99. The molecular weight excluding hydrogens is 324 g/mol. The number of oxazole rings is 1. The molecule has 0 aliphatic carbocycles. The lowest BCUT2D eigenvalue weighted by molar-refractivity contribution is 0.0948. The van der Waals surface area contributed by atoms with Crippen LogP contribution in [0.1, 0.15) is 28.4 Å². The Morgan fingerprint density at radius 3 is 2.68 bits per heavy atom. The number of alkyl carbamates (subject to hydrolysis) is 1. The average Bonchev–Trinajstić information content (AvgIpc) is 3.09. The van der Waals surface area contributed by atoms with Crippen molar-refractivity contribution in [3.05, 3.63) is 53.7 Å². The summed E-state index contributed by atoms with van der Waals surface area (Å²) < 4.78 is 10.2. The molecular formula is C17H22N4O4. The van der Waals surface area contributed by atoms with Crippen LogP contribution in [0.4, 0.5) is 4.79 Å². The molecule has 1 aromatic heterocycles. The van der Waals surface area contributed by atoms with Crippen molar-refractivity contribution in [3.8, 4) is 0 Å². The molecule has 0 aliphatic rings. The lowest BCUT2D eigenvalue weighted by Gasteiger charge is -2.07. The van der Waals surface area contributed by atoms with Crippen LogP contribution in [-0.4, -0.2) is 37.1 Å². The molecule has 0 bridgehead atoms. The number of hydrogen-bond acceptors (Lipinski definition) is 6. The second-order valence-corrected chi connectivity index (χ2v) is 5.25. The quantitative estimate of drug-likeness (QED) is 0.593. The van der Waals surface area contributed by atoms with E-state index in [2.05, 4.69) is 20.9 Å². The summed E-state index contributed by atoms with van der Waals surface area (Å²) in [6.07, 6.45) is 1.41. The number of nitrogens with zero attached hydrogens (tertiary/aromatic N) is 1. The summed E-state index contributed by atoms with van der Waals surface area (Å²) in [4.78, 5) is 27.5. The summed E-state index contributed by atoms with van der Waals surface area (Å²) in [5.41, 5.74) is 1.16. The maximum absolute atomic E-state index is 11.9. The second-order valence-electron chi connectivity index (χ2n) is 5.25. The molecule has 0 radical (unpaired) electrons. The van der Waals surface area contributed by atoms with Crippen molar-refractivity contribution in [1.82, 2.24) is 20.9 Å². The van der Waals surface area contributed by atoms with E-state index in [0.717, 1.165) is 5.56 Å². The van der Waals surface area contributed by atoms with Crippen LogP contribution in [0.3, 0.4) is 0 Å². The fraction of sp³-hybridized carbons (Fsp3) is 0.353. The van der Waals surface area contributed by atoms with Crippen LogP contribution >= 0.6 is 0 Å². The Morgan fingerprint density at radius 1 is 1.16 bits per heavy atom.